The second-order valence-corrected chi connectivity index (χ2v) is 5.51. The highest BCUT2D eigenvalue weighted by atomic mass is 79.9. The highest BCUT2D eigenvalue weighted by Crippen LogP contribution is 2.24. The van der Waals surface area contributed by atoms with E-state index < -0.39 is 0 Å². The molecule has 3 aromatic rings. The third-order valence-corrected chi connectivity index (χ3v) is 4.05. The molecule has 0 aliphatic carbocycles. The Labute approximate surface area is 136 Å². The van der Waals surface area contributed by atoms with Crippen molar-refractivity contribution in [3.8, 4) is 5.75 Å². The van der Waals surface area contributed by atoms with Crippen LogP contribution in [0.1, 0.15) is 11.3 Å². The van der Waals surface area contributed by atoms with Crippen LogP contribution in [-0.2, 0) is 0 Å². The summed E-state index contributed by atoms with van der Waals surface area (Å²) in [6, 6.07) is 15.0. The molecular weight excluding hydrogens is 344 g/mol. The number of rotatable bonds is 3. The van der Waals surface area contributed by atoms with Crippen LogP contribution in [0.4, 0.5) is 0 Å². The van der Waals surface area contributed by atoms with Gasteiger partial charge < -0.3 is 9.15 Å². The highest BCUT2D eigenvalue weighted by Gasteiger charge is 2.10. The Morgan fingerprint density at radius 2 is 1.86 bits per heavy atom. The molecule has 0 N–H and O–H groups in total. The monoisotopic (exact) mass is 356 g/mol. The maximum atomic E-state index is 12.4. The van der Waals surface area contributed by atoms with Gasteiger partial charge in [0.15, 0.2) is 0 Å². The van der Waals surface area contributed by atoms with Crippen LogP contribution in [0.3, 0.4) is 0 Å². The number of hydrogen-bond donors (Lipinski definition) is 0. The van der Waals surface area contributed by atoms with Gasteiger partial charge in [-0.15, -0.1) is 0 Å². The fourth-order valence-electron chi connectivity index (χ4n) is 2.14. The van der Waals surface area contributed by atoms with Crippen LogP contribution in [0.2, 0.25) is 0 Å². The summed E-state index contributed by atoms with van der Waals surface area (Å²) in [7, 11) is 1.58. The zero-order valence-electron chi connectivity index (χ0n) is 11.9. The molecule has 0 saturated heterocycles. The van der Waals surface area contributed by atoms with E-state index >= 15 is 0 Å². The smallest absolute Gasteiger partial charge is 0.207 e. The van der Waals surface area contributed by atoms with Gasteiger partial charge in [0.05, 0.1) is 12.5 Å². The topological polar surface area (TPSA) is 39.4 Å². The second-order valence-electron chi connectivity index (χ2n) is 4.72. The molecule has 0 aliphatic heterocycles. The summed E-state index contributed by atoms with van der Waals surface area (Å²) in [4.78, 5) is 12.4. The van der Waals surface area contributed by atoms with Crippen molar-refractivity contribution in [2.45, 2.75) is 0 Å². The first-order valence-electron chi connectivity index (χ1n) is 6.72. The van der Waals surface area contributed by atoms with Crippen LogP contribution in [0.25, 0.3) is 23.1 Å². The van der Waals surface area contributed by atoms with Crippen LogP contribution in [-0.4, -0.2) is 7.11 Å². The summed E-state index contributed by atoms with van der Waals surface area (Å²) < 4.78 is 11.4. The van der Waals surface area contributed by atoms with Crippen molar-refractivity contribution in [1.82, 2.24) is 0 Å². The molecule has 3 nitrogen and oxygen atoms in total. The predicted molar refractivity (Wildman–Crippen MR) is 92.1 cm³/mol. The standard InChI is InChI=1S/C18H13BrO3/c1-21-13-8-9-14-16(11-13)22-15(17(19)18(14)20)10-7-12-5-3-2-4-6-12/h2-11H,1H3/b10-7+. The van der Waals surface area contributed by atoms with Crippen molar-refractivity contribution < 1.29 is 9.15 Å². The van der Waals surface area contributed by atoms with Gasteiger partial charge in [-0.25, -0.2) is 0 Å². The van der Waals surface area contributed by atoms with Gasteiger partial charge in [0.25, 0.3) is 0 Å². The van der Waals surface area contributed by atoms with E-state index in [1.54, 1.807) is 31.4 Å². The first-order valence-corrected chi connectivity index (χ1v) is 7.52. The minimum absolute atomic E-state index is 0.100. The normalized spacial score (nSPS) is 11.2. The maximum absolute atomic E-state index is 12.4. The van der Waals surface area contributed by atoms with Crippen LogP contribution >= 0.6 is 15.9 Å². The summed E-state index contributed by atoms with van der Waals surface area (Å²) in [5.74, 6) is 1.13. The van der Waals surface area contributed by atoms with Gasteiger partial charge >= 0.3 is 0 Å². The SMILES string of the molecule is COc1ccc2c(=O)c(Br)c(/C=C/c3ccccc3)oc2c1. The van der Waals surface area contributed by atoms with Crippen molar-refractivity contribution >= 4 is 39.1 Å². The Balaban J connectivity index is 2.11. The molecule has 0 bridgehead atoms. The van der Waals surface area contributed by atoms with Crippen LogP contribution in [0.15, 0.2) is 62.2 Å². The number of hydrogen-bond acceptors (Lipinski definition) is 3. The average Bonchev–Trinajstić information content (AvgIpc) is 2.57. The van der Waals surface area contributed by atoms with Gasteiger partial charge in [0, 0.05) is 6.07 Å². The molecule has 4 heteroatoms. The van der Waals surface area contributed by atoms with Gasteiger partial charge in [-0.1, -0.05) is 36.4 Å². The zero-order valence-corrected chi connectivity index (χ0v) is 13.5. The van der Waals surface area contributed by atoms with Crippen LogP contribution < -0.4 is 10.2 Å². The molecule has 0 unspecified atom stereocenters. The van der Waals surface area contributed by atoms with Gasteiger partial charge in [-0.3, -0.25) is 4.79 Å². The zero-order chi connectivity index (χ0) is 15.5. The summed E-state index contributed by atoms with van der Waals surface area (Å²) >= 11 is 3.32. The highest BCUT2D eigenvalue weighted by molar-refractivity contribution is 9.10. The molecule has 0 atom stereocenters. The first kappa shape index (κ1) is 14.6. The molecule has 0 saturated carbocycles. The van der Waals surface area contributed by atoms with Crippen LogP contribution in [0, 0.1) is 0 Å². The Kier molecular flexibility index (Phi) is 4.11. The van der Waals surface area contributed by atoms with E-state index in [2.05, 4.69) is 15.9 Å². The Morgan fingerprint density at radius 1 is 1.09 bits per heavy atom. The van der Waals surface area contributed by atoms with Crippen molar-refractivity contribution in [3.05, 3.63) is 74.6 Å². The molecule has 0 spiro atoms. The van der Waals surface area contributed by atoms with Crippen molar-refractivity contribution in [2.24, 2.45) is 0 Å². The minimum Gasteiger partial charge on any atom is -0.497 e. The van der Waals surface area contributed by atoms with E-state index in [1.807, 2.05) is 36.4 Å². The third-order valence-electron chi connectivity index (χ3n) is 3.30. The van der Waals surface area contributed by atoms with Gasteiger partial charge in [-0.05, 0) is 39.7 Å². The molecule has 22 heavy (non-hydrogen) atoms. The van der Waals surface area contributed by atoms with E-state index in [0.29, 0.717) is 27.0 Å². The predicted octanol–water partition coefficient (Wildman–Crippen LogP) is 4.73. The Bertz CT molecular complexity index is 895. The lowest BCUT2D eigenvalue weighted by Crippen LogP contribution is -2.04. The number of ether oxygens (including phenoxy) is 1. The Morgan fingerprint density at radius 3 is 2.59 bits per heavy atom. The van der Waals surface area contributed by atoms with E-state index in [9.17, 15) is 4.79 Å². The number of benzene rings is 2. The minimum atomic E-state index is -0.100. The molecule has 0 fully saturated rings. The van der Waals surface area contributed by atoms with Crippen molar-refractivity contribution in [2.75, 3.05) is 7.11 Å². The summed E-state index contributed by atoms with van der Waals surface area (Å²) in [6.45, 7) is 0. The lowest BCUT2D eigenvalue weighted by Gasteiger charge is -2.04. The second kappa shape index (κ2) is 6.20. The third kappa shape index (κ3) is 2.83. The summed E-state index contributed by atoms with van der Waals surface area (Å²) in [5.41, 5.74) is 1.43. The van der Waals surface area contributed by atoms with Gasteiger partial charge in [-0.2, -0.15) is 0 Å². The molecule has 110 valence electrons. The molecule has 3 rings (SSSR count). The Hall–Kier alpha value is -2.33. The number of halogens is 1. The maximum Gasteiger partial charge on any atom is 0.207 e. The summed E-state index contributed by atoms with van der Waals surface area (Å²) in [5, 5.41) is 0.518. The molecule has 2 aromatic carbocycles. The molecular formula is C18H13BrO3. The molecule has 0 amide bonds. The average molecular weight is 357 g/mol. The fourth-order valence-corrected chi connectivity index (χ4v) is 2.56. The quantitative estimate of drug-likeness (QED) is 0.680. The molecule has 1 heterocycles. The van der Waals surface area contributed by atoms with E-state index in [-0.39, 0.29) is 5.43 Å². The first-order chi connectivity index (χ1) is 10.7. The molecule has 0 radical (unpaired) electrons. The lowest BCUT2D eigenvalue weighted by atomic mass is 10.2. The van der Waals surface area contributed by atoms with E-state index in [1.165, 1.54) is 0 Å². The van der Waals surface area contributed by atoms with E-state index in [0.717, 1.165) is 5.56 Å². The largest absolute Gasteiger partial charge is 0.497 e. The lowest BCUT2D eigenvalue weighted by molar-refractivity contribution is 0.414. The number of fused-ring (bicyclic) bond motifs is 1. The van der Waals surface area contributed by atoms with Crippen molar-refractivity contribution in [3.63, 3.8) is 0 Å². The van der Waals surface area contributed by atoms with E-state index in [4.69, 9.17) is 9.15 Å². The van der Waals surface area contributed by atoms with Crippen molar-refractivity contribution in [1.29, 1.82) is 0 Å². The number of methoxy groups -OCH3 is 1. The summed E-state index contributed by atoms with van der Waals surface area (Å²) in [6.07, 6.45) is 3.68. The van der Waals surface area contributed by atoms with Gasteiger partial charge in [0.2, 0.25) is 5.43 Å². The fraction of sp³-hybridized carbons (Fsp3) is 0.0556. The molecule has 1 aromatic heterocycles. The van der Waals surface area contributed by atoms with Gasteiger partial charge in [0.1, 0.15) is 21.6 Å². The molecule has 0 aliphatic rings. The van der Waals surface area contributed by atoms with Crippen LogP contribution in [0.5, 0.6) is 5.75 Å².